The summed E-state index contributed by atoms with van der Waals surface area (Å²) < 4.78 is 5.14. The molecular formula is C25H27N5O4. The zero-order chi connectivity index (χ0) is 23.9. The van der Waals surface area contributed by atoms with Crippen LogP contribution >= 0.6 is 0 Å². The van der Waals surface area contributed by atoms with Gasteiger partial charge in [-0.3, -0.25) is 19.8 Å². The maximum absolute atomic E-state index is 12.3. The highest BCUT2D eigenvalue weighted by molar-refractivity contribution is 5.92. The van der Waals surface area contributed by atoms with Crippen molar-refractivity contribution in [3.63, 3.8) is 0 Å². The summed E-state index contributed by atoms with van der Waals surface area (Å²) in [5, 5.41) is 14.1. The van der Waals surface area contributed by atoms with Crippen molar-refractivity contribution in [1.82, 2.24) is 9.88 Å². The van der Waals surface area contributed by atoms with Gasteiger partial charge in [0.15, 0.2) is 0 Å². The average Bonchev–Trinajstić information content (AvgIpc) is 2.86. The number of nitro groups is 1. The maximum atomic E-state index is 12.3. The second kappa shape index (κ2) is 10.8. The van der Waals surface area contributed by atoms with Gasteiger partial charge in [-0.2, -0.15) is 0 Å². The summed E-state index contributed by atoms with van der Waals surface area (Å²) >= 11 is 0. The monoisotopic (exact) mass is 461 g/mol. The van der Waals surface area contributed by atoms with Crippen LogP contribution in [0, 0.1) is 10.1 Å². The molecule has 0 saturated carbocycles. The van der Waals surface area contributed by atoms with Gasteiger partial charge < -0.3 is 15.0 Å². The van der Waals surface area contributed by atoms with Gasteiger partial charge in [0.05, 0.1) is 30.3 Å². The Bertz CT molecular complexity index is 1130. The number of nitrogens with one attached hydrogen (secondary N) is 1. The van der Waals surface area contributed by atoms with E-state index in [4.69, 9.17) is 4.74 Å². The van der Waals surface area contributed by atoms with Crippen LogP contribution in [0.1, 0.15) is 11.1 Å². The lowest BCUT2D eigenvalue weighted by Gasteiger charge is -2.35. The van der Waals surface area contributed by atoms with E-state index in [0.717, 1.165) is 48.9 Å². The van der Waals surface area contributed by atoms with Gasteiger partial charge in [-0.05, 0) is 29.8 Å². The Morgan fingerprint density at radius 3 is 2.44 bits per heavy atom. The first kappa shape index (κ1) is 23.2. The van der Waals surface area contributed by atoms with Crippen LogP contribution in [0.2, 0.25) is 0 Å². The summed E-state index contributed by atoms with van der Waals surface area (Å²) in [6.07, 6.45) is 1.94. The summed E-state index contributed by atoms with van der Waals surface area (Å²) in [5.41, 5.74) is 2.45. The first-order chi connectivity index (χ1) is 16.5. The maximum Gasteiger partial charge on any atom is 0.273 e. The summed E-state index contributed by atoms with van der Waals surface area (Å²) in [6, 6.07) is 18.1. The number of aromatic nitrogens is 1. The van der Waals surface area contributed by atoms with Gasteiger partial charge in [0.25, 0.3) is 5.69 Å². The number of carbonyl (C=O) groups excluding carboxylic acids is 1. The normalized spacial score (nSPS) is 14.0. The van der Waals surface area contributed by atoms with Crippen LogP contribution in [-0.2, 0) is 17.8 Å². The quantitative estimate of drug-likeness (QED) is 0.405. The number of ether oxygens (including phenoxy) is 1. The molecule has 4 rings (SSSR count). The third kappa shape index (κ3) is 5.87. The number of methoxy groups -OCH3 is 1. The Morgan fingerprint density at radius 1 is 1.06 bits per heavy atom. The fourth-order valence-electron chi connectivity index (χ4n) is 3.98. The first-order valence-electron chi connectivity index (χ1n) is 11.1. The molecule has 1 aliphatic rings. The van der Waals surface area contributed by atoms with Crippen LogP contribution in [-0.4, -0.2) is 54.0 Å². The van der Waals surface area contributed by atoms with Gasteiger partial charge >= 0.3 is 0 Å². The van der Waals surface area contributed by atoms with Gasteiger partial charge in [0, 0.05) is 44.4 Å². The number of carbonyl (C=O) groups is 1. The summed E-state index contributed by atoms with van der Waals surface area (Å²) in [7, 11) is 1.61. The molecule has 2 heterocycles. The highest BCUT2D eigenvalue weighted by Crippen LogP contribution is 2.22. The highest BCUT2D eigenvalue weighted by Gasteiger charge is 2.21. The lowest BCUT2D eigenvalue weighted by atomic mass is 10.1. The molecule has 9 heteroatoms. The van der Waals surface area contributed by atoms with Gasteiger partial charge in [0.2, 0.25) is 5.91 Å². The summed E-state index contributed by atoms with van der Waals surface area (Å²) in [4.78, 5) is 32.2. The van der Waals surface area contributed by atoms with Crippen molar-refractivity contribution in [2.45, 2.75) is 13.0 Å². The number of nitro benzene ring substituents is 1. The molecule has 176 valence electrons. The predicted molar refractivity (Wildman–Crippen MR) is 130 cm³/mol. The topological polar surface area (TPSA) is 101 Å². The van der Waals surface area contributed by atoms with E-state index in [1.165, 1.54) is 0 Å². The van der Waals surface area contributed by atoms with Crippen molar-refractivity contribution in [3.8, 4) is 5.75 Å². The summed E-state index contributed by atoms with van der Waals surface area (Å²) in [5.74, 6) is 1.49. The molecule has 34 heavy (non-hydrogen) atoms. The standard InChI is InChI=1S/C25H27N5O4/c1-34-22-9-6-19(7-10-22)16-25(31)27-21-8-11-24(26-17-21)29-14-12-28(13-15-29)18-20-4-2-3-5-23(20)30(32)33/h2-11,17H,12-16,18H2,1H3,(H,27,31). The van der Waals surface area contributed by atoms with Crippen LogP contribution in [0.4, 0.5) is 17.2 Å². The van der Waals surface area contributed by atoms with Crippen molar-refractivity contribution in [2.75, 3.05) is 43.5 Å². The number of para-hydroxylation sites is 1. The van der Waals surface area contributed by atoms with Crippen LogP contribution in [0.15, 0.2) is 66.9 Å². The first-order valence-corrected chi connectivity index (χ1v) is 11.1. The van der Waals surface area contributed by atoms with E-state index in [1.54, 1.807) is 25.4 Å². The van der Waals surface area contributed by atoms with E-state index in [1.807, 2.05) is 48.5 Å². The van der Waals surface area contributed by atoms with Crippen molar-refractivity contribution in [1.29, 1.82) is 0 Å². The molecule has 1 fully saturated rings. The zero-order valence-corrected chi connectivity index (χ0v) is 19.0. The Balaban J connectivity index is 1.27. The van der Waals surface area contributed by atoms with E-state index in [9.17, 15) is 14.9 Å². The molecule has 0 aliphatic carbocycles. The number of anilines is 2. The number of benzene rings is 2. The molecule has 0 unspecified atom stereocenters. The predicted octanol–water partition coefficient (Wildman–Crippen LogP) is 3.50. The van der Waals surface area contributed by atoms with Gasteiger partial charge in [-0.15, -0.1) is 0 Å². The van der Waals surface area contributed by atoms with Crippen molar-refractivity contribution >= 4 is 23.1 Å². The second-order valence-electron chi connectivity index (χ2n) is 8.13. The molecule has 0 radical (unpaired) electrons. The number of hydrogen-bond donors (Lipinski definition) is 1. The summed E-state index contributed by atoms with van der Waals surface area (Å²) in [6.45, 7) is 3.67. The molecule has 3 aromatic rings. The molecular weight excluding hydrogens is 434 g/mol. The van der Waals surface area contributed by atoms with E-state index < -0.39 is 0 Å². The van der Waals surface area contributed by atoms with E-state index >= 15 is 0 Å². The molecule has 2 aromatic carbocycles. The highest BCUT2D eigenvalue weighted by atomic mass is 16.6. The third-order valence-corrected chi connectivity index (χ3v) is 5.83. The largest absolute Gasteiger partial charge is 0.497 e. The average molecular weight is 462 g/mol. The lowest BCUT2D eigenvalue weighted by Crippen LogP contribution is -2.46. The van der Waals surface area contributed by atoms with Crippen molar-refractivity contribution in [2.24, 2.45) is 0 Å². The molecule has 0 bridgehead atoms. The molecule has 1 aromatic heterocycles. The number of amides is 1. The number of pyridine rings is 1. The molecule has 0 spiro atoms. The Morgan fingerprint density at radius 2 is 1.79 bits per heavy atom. The number of nitrogens with zero attached hydrogens (tertiary/aromatic N) is 4. The van der Waals surface area contributed by atoms with Crippen molar-refractivity contribution in [3.05, 3.63) is 88.1 Å². The van der Waals surface area contributed by atoms with E-state index in [0.29, 0.717) is 12.2 Å². The SMILES string of the molecule is COc1ccc(CC(=O)Nc2ccc(N3CCN(Cc4ccccc4[N+](=O)[O-])CC3)nc2)cc1. The van der Waals surface area contributed by atoms with Gasteiger partial charge in [-0.1, -0.05) is 30.3 Å². The minimum atomic E-state index is -0.327. The van der Waals surface area contributed by atoms with E-state index in [2.05, 4.69) is 20.1 Å². The second-order valence-corrected chi connectivity index (χ2v) is 8.13. The minimum absolute atomic E-state index is 0.108. The van der Waals surface area contributed by atoms with Crippen LogP contribution in [0.3, 0.4) is 0 Å². The molecule has 1 amide bonds. The number of hydrogen-bond acceptors (Lipinski definition) is 7. The molecule has 9 nitrogen and oxygen atoms in total. The lowest BCUT2D eigenvalue weighted by molar-refractivity contribution is -0.385. The Hall–Kier alpha value is -3.98. The number of rotatable bonds is 8. The fraction of sp³-hybridized carbons (Fsp3) is 0.280. The number of piperazine rings is 1. The molecule has 1 N–H and O–H groups in total. The smallest absolute Gasteiger partial charge is 0.273 e. The van der Waals surface area contributed by atoms with Crippen molar-refractivity contribution < 1.29 is 14.5 Å². The van der Waals surface area contributed by atoms with Crippen LogP contribution in [0.25, 0.3) is 0 Å². The van der Waals surface area contributed by atoms with E-state index in [-0.39, 0.29) is 22.9 Å². The van der Waals surface area contributed by atoms with Crippen LogP contribution < -0.4 is 15.0 Å². The zero-order valence-electron chi connectivity index (χ0n) is 19.0. The Labute approximate surface area is 198 Å². The molecule has 0 atom stereocenters. The fourth-order valence-corrected chi connectivity index (χ4v) is 3.98. The molecule has 1 saturated heterocycles. The third-order valence-electron chi connectivity index (χ3n) is 5.83. The van der Waals surface area contributed by atoms with Gasteiger partial charge in [-0.25, -0.2) is 4.98 Å². The molecule has 1 aliphatic heterocycles. The minimum Gasteiger partial charge on any atom is -0.497 e. The Kier molecular flexibility index (Phi) is 7.34. The van der Waals surface area contributed by atoms with Crippen LogP contribution in [0.5, 0.6) is 5.75 Å². The van der Waals surface area contributed by atoms with Gasteiger partial charge in [0.1, 0.15) is 11.6 Å².